The Bertz CT molecular complexity index is 626. The summed E-state index contributed by atoms with van der Waals surface area (Å²) in [6.07, 6.45) is 0. The van der Waals surface area contributed by atoms with Crippen LogP contribution < -0.4 is 5.32 Å². The molecule has 2 rings (SSSR count). The first-order valence-electron chi connectivity index (χ1n) is 7.16. The highest BCUT2D eigenvalue weighted by molar-refractivity contribution is 5.43. The van der Waals surface area contributed by atoms with Gasteiger partial charge in [-0.3, -0.25) is 0 Å². The monoisotopic (exact) mass is 272 g/mol. The van der Waals surface area contributed by atoms with E-state index in [4.69, 9.17) is 4.98 Å². The molecule has 0 radical (unpaired) electrons. The maximum Gasteiger partial charge on any atom is 0.158 e. The maximum atomic E-state index is 4.73. The van der Waals surface area contributed by atoms with Crippen LogP contribution in [0.4, 0.5) is 0 Å². The fraction of sp³-hybridized carbons (Fsp3) is 0.500. The molecule has 1 N–H and O–H groups in total. The van der Waals surface area contributed by atoms with Crippen LogP contribution in [0.2, 0.25) is 0 Å². The van der Waals surface area contributed by atoms with Crippen LogP contribution in [0, 0.1) is 34.6 Å². The summed E-state index contributed by atoms with van der Waals surface area (Å²) in [6, 6.07) is 2.13. The molecule has 0 unspecified atom stereocenters. The van der Waals surface area contributed by atoms with Crippen molar-refractivity contribution in [2.75, 3.05) is 6.54 Å². The third-order valence-corrected chi connectivity index (χ3v) is 3.86. The molecule has 0 aliphatic carbocycles. The van der Waals surface area contributed by atoms with Crippen LogP contribution in [0.1, 0.15) is 40.7 Å². The van der Waals surface area contributed by atoms with Gasteiger partial charge in [0.2, 0.25) is 0 Å². The average Bonchev–Trinajstić information content (AvgIpc) is 2.65. The number of aryl methyl sites for hydroxylation is 3. The molecule has 0 spiro atoms. The molecule has 0 fully saturated rings. The predicted octanol–water partition coefficient (Wildman–Crippen LogP) is 2.92. The van der Waals surface area contributed by atoms with Gasteiger partial charge < -0.3 is 5.32 Å². The second-order valence-corrected chi connectivity index (χ2v) is 5.37. The van der Waals surface area contributed by atoms with E-state index in [-0.39, 0.29) is 0 Å². The minimum atomic E-state index is 0.822. The van der Waals surface area contributed by atoms with Gasteiger partial charge in [0, 0.05) is 23.5 Å². The molecule has 4 heteroatoms. The van der Waals surface area contributed by atoms with E-state index in [1.165, 1.54) is 16.7 Å². The zero-order valence-corrected chi connectivity index (χ0v) is 13.3. The van der Waals surface area contributed by atoms with E-state index in [1.54, 1.807) is 0 Å². The Morgan fingerprint density at radius 1 is 1.15 bits per heavy atom. The van der Waals surface area contributed by atoms with Crippen LogP contribution in [0.3, 0.4) is 0 Å². The number of hydrogen-bond donors (Lipinski definition) is 1. The molecule has 0 saturated heterocycles. The molecular formula is C16H24N4. The van der Waals surface area contributed by atoms with Crippen molar-refractivity contribution < 1.29 is 0 Å². The van der Waals surface area contributed by atoms with Crippen molar-refractivity contribution in [1.29, 1.82) is 0 Å². The molecule has 0 bridgehead atoms. The Morgan fingerprint density at radius 2 is 1.85 bits per heavy atom. The number of nitrogens with zero attached hydrogens (tertiary/aromatic N) is 3. The molecule has 2 aromatic rings. The van der Waals surface area contributed by atoms with E-state index >= 15 is 0 Å². The Morgan fingerprint density at radius 3 is 2.40 bits per heavy atom. The molecule has 2 aromatic heterocycles. The van der Waals surface area contributed by atoms with Crippen LogP contribution in [0.25, 0.3) is 5.82 Å². The van der Waals surface area contributed by atoms with Gasteiger partial charge >= 0.3 is 0 Å². The van der Waals surface area contributed by atoms with Gasteiger partial charge in [0.1, 0.15) is 0 Å². The van der Waals surface area contributed by atoms with E-state index < -0.39 is 0 Å². The number of rotatable bonds is 4. The lowest BCUT2D eigenvalue weighted by Gasteiger charge is -2.14. The van der Waals surface area contributed by atoms with Crippen molar-refractivity contribution >= 4 is 0 Å². The van der Waals surface area contributed by atoms with Gasteiger partial charge in [0.15, 0.2) is 5.82 Å². The molecule has 4 nitrogen and oxygen atoms in total. The summed E-state index contributed by atoms with van der Waals surface area (Å²) in [7, 11) is 0. The van der Waals surface area contributed by atoms with Gasteiger partial charge in [-0.15, -0.1) is 0 Å². The molecule has 20 heavy (non-hydrogen) atoms. The standard InChI is InChI=1S/C16H24N4/c1-7-17-9-15-10(2)8-11(3)18-16(15)20-14(6)12(4)13(5)19-20/h8,17H,7,9H2,1-6H3. The molecule has 0 aromatic carbocycles. The molecule has 2 heterocycles. The van der Waals surface area contributed by atoms with Crippen molar-refractivity contribution in [3.05, 3.63) is 39.8 Å². The fourth-order valence-corrected chi connectivity index (χ4v) is 2.41. The molecule has 0 amide bonds. The highest BCUT2D eigenvalue weighted by atomic mass is 15.3. The maximum absolute atomic E-state index is 4.73. The highest BCUT2D eigenvalue weighted by Gasteiger charge is 2.15. The van der Waals surface area contributed by atoms with Gasteiger partial charge in [-0.2, -0.15) is 5.10 Å². The van der Waals surface area contributed by atoms with E-state index in [1.807, 2.05) is 18.5 Å². The van der Waals surface area contributed by atoms with Gasteiger partial charge in [0.25, 0.3) is 0 Å². The van der Waals surface area contributed by atoms with E-state index in [2.05, 4.69) is 44.2 Å². The zero-order valence-electron chi connectivity index (χ0n) is 13.3. The van der Waals surface area contributed by atoms with Crippen molar-refractivity contribution in [2.45, 2.75) is 48.1 Å². The quantitative estimate of drug-likeness (QED) is 0.930. The summed E-state index contributed by atoms with van der Waals surface area (Å²) in [6.45, 7) is 14.3. The second-order valence-electron chi connectivity index (χ2n) is 5.37. The summed E-state index contributed by atoms with van der Waals surface area (Å²) >= 11 is 0. The van der Waals surface area contributed by atoms with E-state index in [0.29, 0.717) is 0 Å². The topological polar surface area (TPSA) is 42.7 Å². The summed E-state index contributed by atoms with van der Waals surface area (Å²) in [5, 5.41) is 8.05. The average molecular weight is 272 g/mol. The Kier molecular flexibility index (Phi) is 4.23. The first-order valence-corrected chi connectivity index (χ1v) is 7.16. The summed E-state index contributed by atoms with van der Waals surface area (Å²) in [5.74, 6) is 0.956. The van der Waals surface area contributed by atoms with Gasteiger partial charge in [-0.05, 0) is 58.4 Å². The fourth-order valence-electron chi connectivity index (χ4n) is 2.41. The largest absolute Gasteiger partial charge is 0.313 e. The minimum Gasteiger partial charge on any atom is -0.313 e. The van der Waals surface area contributed by atoms with E-state index in [9.17, 15) is 0 Å². The van der Waals surface area contributed by atoms with Crippen LogP contribution in [-0.4, -0.2) is 21.3 Å². The third-order valence-electron chi connectivity index (χ3n) is 3.86. The number of aromatic nitrogens is 3. The summed E-state index contributed by atoms with van der Waals surface area (Å²) in [4.78, 5) is 4.73. The van der Waals surface area contributed by atoms with Gasteiger partial charge in [0.05, 0.1) is 5.69 Å². The van der Waals surface area contributed by atoms with Crippen molar-refractivity contribution in [3.8, 4) is 5.82 Å². The Hall–Kier alpha value is -1.68. The SMILES string of the molecule is CCNCc1c(C)cc(C)nc1-n1nc(C)c(C)c1C. The molecule has 0 saturated carbocycles. The smallest absolute Gasteiger partial charge is 0.158 e. The lowest BCUT2D eigenvalue weighted by molar-refractivity contribution is 0.699. The second kappa shape index (κ2) is 5.75. The normalized spacial score (nSPS) is 11.1. The first-order chi connectivity index (χ1) is 9.45. The number of hydrogen-bond acceptors (Lipinski definition) is 3. The first kappa shape index (κ1) is 14.7. The summed E-state index contributed by atoms with van der Waals surface area (Å²) in [5.41, 5.74) is 6.99. The minimum absolute atomic E-state index is 0.822. The van der Waals surface area contributed by atoms with Crippen LogP contribution in [0.5, 0.6) is 0 Å². The van der Waals surface area contributed by atoms with Crippen LogP contribution in [-0.2, 0) is 6.54 Å². The number of nitrogens with one attached hydrogen (secondary N) is 1. The van der Waals surface area contributed by atoms with Crippen LogP contribution in [0.15, 0.2) is 6.07 Å². The van der Waals surface area contributed by atoms with Crippen molar-refractivity contribution in [1.82, 2.24) is 20.1 Å². The Labute approximate surface area is 121 Å². The lowest BCUT2D eigenvalue weighted by Crippen LogP contribution is -2.17. The third kappa shape index (κ3) is 2.61. The molecule has 0 aliphatic heterocycles. The molecule has 0 aliphatic rings. The molecular weight excluding hydrogens is 248 g/mol. The van der Waals surface area contributed by atoms with Crippen molar-refractivity contribution in [3.63, 3.8) is 0 Å². The molecule has 108 valence electrons. The van der Waals surface area contributed by atoms with Crippen molar-refractivity contribution in [2.24, 2.45) is 0 Å². The highest BCUT2D eigenvalue weighted by Crippen LogP contribution is 2.21. The Balaban J connectivity index is 2.62. The van der Waals surface area contributed by atoms with Crippen LogP contribution >= 0.6 is 0 Å². The van der Waals surface area contributed by atoms with Gasteiger partial charge in [-0.25, -0.2) is 9.67 Å². The van der Waals surface area contributed by atoms with E-state index in [0.717, 1.165) is 36.0 Å². The zero-order chi connectivity index (χ0) is 14.9. The summed E-state index contributed by atoms with van der Waals surface area (Å²) < 4.78 is 1.98. The lowest BCUT2D eigenvalue weighted by atomic mass is 10.1. The number of pyridine rings is 1. The predicted molar refractivity (Wildman–Crippen MR) is 82.4 cm³/mol. The van der Waals surface area contributed by atoms with Gasteiger partial charge in [-0.1, -0.05) is 6.92 Å². The molecule has 0 atom stereocenters.